The van der Waals surface area contributed by atoms with Crippen molar-refractivity contribution in [2.24, 2.45) is 0 Å². The van der Waals surface area contributed by atoms with E-state index in [1.165, 1.54) is 10.7 Å². The van der Waals surface area contributed by atoms with Crippen molar-refractivity contribution in [1.82, 2.24) is 24.8 Å². The van der Waals surface area contributed by atoms with Gasteiger partial charge in [-0.15, -0.1) is 0 Å². The Morgan fingerprint density at radius 3 is 2.78 bits per heavy atom. The van der Waals surface area contributed by atoms with Crippen LogP contribution >= 0.6 is 0 Å². The summed E-state index contributed by atoms with van der Waals surface area (Å²) in [7, 11) is 0. The number of anilines is 2. The summed E-state index contributed by atoms with van der Waals surface area (Å²) in [6, 6.07) is 11.9. The zero-order valence-corrected chi connectivity index (χ0v) is 11.9. The summed E-state index contributed by atoms with van der Waals surface area (Å²) in [4.78, 5) is 8.57. The molecule has 0 aliphatic rings. The van der Waals surface area contributed by atoms with E-state index in [1.807, 2.05) is 12.1 Å². The number of rotatable bonds is 3. The molecule has 0 fully saturated rings. The summed E-state index contributed by atoms with van der Waals surface area (Å²) in [5, 5.41) is 11.2. The van der Waals surface area contributed by atoms with Crippen LogP contribution in [0.5, 0.6) is 0 Å². The molecule has 3 heterocycles. The highest BCUT2D eigenvalue weighted by molar-refractivity contribution is 5.77. The van der Waals surface area contributed by atoms with E-state index in [2.05, 4.69) is 25.5 Å². The van der Waals surface area contributed by atoms with Gasteiger partial charge in [-0.3, -0.25) is 0 Å². The molecule has 4 rings (SSSR count). The Kier molecular flexibility index (Phi) is 3.16. The fourth-order valence-electron chi connectivity index (χ4n) is 2.28. The predicted molar refractivity (Wildman–Crippen MR) is 83.7 cm³/mol. The van der Waals surface area contributed by atoms with Crippen molar-refractivity contribution in [2.75, 3.05) is 5.32 Å². The third-order valence-electron chi connectivity index (χ3n) is 3.36. The number of benzene rings is 1. The summed E-state index contributed by atoms with van der Waals surface area (Å²) in [5.74, 6) is -0.0440. The molecule has 7 heteroatoms. The van der Waals surface area contributed by atoms with Gasteiger partial charge in [-0.25, -0.2) is 14.4 Å². The third-order valence-corrected chi connectivity index (χ3v) is 3.36. The maximum atomic E-state index is 13.7. The normalized spacial score (nSPS) is 10.8. The van der Waals surface area contributed by atoms with Gasteiger partial charge in [-0.2, -0.15) is 14.8 Å². The number of nitrogens with one attached hydrogen (secondary N) is 1. The van der Waals surface area contributed by atoms with Crippen LogP contribution in [0.1, 0.15) is 0 Å². The predicted octanol–water partition coefficient (Wildman–Crippen LogP) is 3.07. The molecule has 0 unspecified atom stereocenters. The first-order valence-corrected chi connectivity index (χ1v) is 6.95. The largest absolute Gasteiger partial charge is 0.322 e. The van der Waals surface area contributed by atoms with Crippen LogP contribution in [-0.4, -0.2) is 24.8 Å². The van der Waals surface area contributed by atoms with Gasteiger partial charge in [0, 0.05) is 18.0 Å². The molecule has 112 valence electrons. The van der Waals surface area contributed by atoms with E-state index < -0.39 is 0 Å². The average Bonchev–Trinajstić information content (AvgIpc) is 3.01. The quantitative estimate of drug-likeness (QED) is 0.630. The van der Waals surface area contributed by atoms with Crippen molar-refractivity contribution in [1.29, 1.82) is 0 Å². The molecular weight excluding hydrogens is 295 g/mol. The van der Waals surface area contributed by atoms with Gasteiger partial charge in [-0.05, 0) is 30.3 Å². The first-order valence-electron chi connectivity index (χ1n) is 6.95. The molecule has 1 N–H and O–H groups in total. The van der Waals surface area contributed by atoms with Crippen LogP contribution in [0.25, 0.3) is 16.8 Å². The molecule has 1 aromatic carbocycles. The van der Waals surface area contributed by atoms with Gasteiger partial charge >= 0.3 is 0 Å². The monoisotopic (exact) mass is 306 g/mol. The molecule has 0 aliphatic carbocycles. The fraction of sp³-hybridized carbons (Fsp3) is 0. The van der Waals surface area contributed by atoms with Crippen molar-refractivity contribution < 1.29 is 4.39 Å². The minimum atomic E-state index is -0.360. The number of fused-ring (bicyclic) bond motifs is 1. The van der Waals surface area contributed by atoms with E-state index in [1.54, 1.807) is 42.9 Å². The van der Waals surface area contributed by atoms with E-state index in [9.17, 15) is 4.39 Å². The fourth-order valence-corrected chi connectivity index (χ4v) is 2.28. The highest BCUT2D eigenvalue weighted by atomic mass is 19.1. The number of para-hydroxylation sites is 1. The SMILES string of the molecule is Fc1ccccc1Nc1nccc(-c2cnn3ncccc23)n1. The second-order valence-electron chi connectivity index (χ2n) is 4.83. The zero-order valence-electron chi connectivity index (χ0n) is 11.9. The van der Waals surface area contributed by atoms with Crippen LogP contribution in [0.4, 0.5) is 16.0 Å². The Hall–Kier alpha value is -3.35. The average molecular weight is 306 g/mol. The number of halogens is 1. The van der Waals surface area contributed by atoms with Crippen LogP contribution < -0.4 is 5.32 Å². The van der Waals surface area contributed by atoms with E-state index in [4.69, 9.17) is 0 Å². The van der Waals surface area contributed by atoms with Gasteiger partial charge in [0.2, 0.25) is 5.95 Å². The van der Waals surface area contributed by atoms with Crippen molar-refractivity contribution >= 4 is 17.2 Å². The Labute approximate surface area is 130 Å². The van der Waals surface area contributed by atoms with Gasteiger partial charge in [-0.1, -0.05) is 12.1 Å². The zero-order chi connectivity index (χ0) is 15.6. The molecule has 0 aliphatic heterocycles. The molecule has 0 saturated carbocycles. The Morgan fingerprint density at radius 1 is 0.957 bits per heavy atom. The van der Waals surface area contributed by atoms with Crippen molar-refractivity contribution in [3.63, 3.8) is 0 Å². The molecule has 6 nitrogen and oxygen atoms in total. The van der Waals surface area contributed by atoms with Crippen LogP contribution in [0.15, 0.2) is 61.1 Å². The van der Waals surface area contributed by atoms with Crippen molar-refractivity contribution in [3.05, 3.63) is 66.9 Å². The van der Waals surface area contributed by atoms with Crippen LogP contribution in [0.2, 0.25) is 0 Å². The van der Waals surface area contributed by atoms with Gasteiger partial charge in [0.1, 0.15) is 5.82 Å². The Balaban J connectivity index is 1.73. The summed E-state index contributed by atoms with van der Waals surface area (Å²) in [6.07, 6.45) is 4.97. The second-order valence-corrected chi connectivity index (χ2v) is 4.83. The van der Waals surface area contributed by atoms with Crippen LogP contribution in [-0.2, 0) is 0 Å². The lowest BCUT2D eigenvalue weighted by atomic mass is 10.2. The van der Waals surface area contributed by atoms with E-state index in [0.717, 1.165) is 11.1 Å². The smallest absolute Gasteiger partial charge is 0.227 e. The summed E-state index contributed by atoms with van der Waals surface area (Å²) in [6.45, 7) is 0. The topological polar surface area (TPSA) is 68.0 Å². The van der Waals surface area contributed by atoms with E-state index >= 15 is 0 Å². The molecule has 0 bridgehead atoms. The molecule has 4 aromatic rings. The highest BCUT2D eigenvalue weighted by Crippen LogP contribution is 2.23. The molecule has 0 atom stereocenters. The number of hydrogen-bond donors (Lipinski definition) is 1. The van der Waals surface area contributed by atoms with Gasteiger partial charge in [0.25, 0.3) is 0 Å². The maximum absolute atomic E-state index is 13.7. The first kappa shape index (κ1) is 13.3. The Morgan fingerprint density at radius 2 is 1.87 bits per heavy atom. The number of nitrogens with zero attached hydrogens (tertiary/aromatic N) is 5. The summed E-state index contributed by atoms with van der Waals surface area (Å²) < 4.78 is 15.2. The second kappa shape index (κ2) is 5.45. The van der Waals surface area contributed by atoms with Crippen molar-refractivity contribution in [3.8, 4) is 11.3 Å². The number of hydrogen-bond acceptors (Lipinski definition) is 5. The van der Waals surface area contributed by atoms with Gasteiger partial charge in [0.15, 0.2) is 0 Å². The van der Waals surface area contributed by atoms with E-state index in [-0.39, 0.29) is 5.82 Å². The lowest BCUT2D eigenvalue weighted by molar-refractivity contribution is 0.631. The maximum Gasteiger partial charge on any atom is 0.227 e. The van der Waals surface area contributed by atoms with Crippen LogP contribution in [0.3, 0.4) is 0 Å². The van der Waals surface area contributed by atoms with Crippen molar-refractivity contribution in [2.45, 2.75) is 0 Å². The standard InChI is InChI=1S/C16H11FN6/c17-12-4-1-2-5-14(12)22-16-18-9-7-13(21-16)11-10-20-23-15(11)6-3-8-19-23/h1-10H,(H,18,21,22). The molecule has 0 saturated heterocycles. The first-order chi connectivity index (χ1) is 11.3. The molecule has 23 heavy (non-hydrogen) atoms. The molecule has 3 aromatic heterocycles. The minimum Gasteiger partial charge on any atom is -0.322 e. The lowest BCUT2D eigenvalue weighted by Crippen LogP contribution is -1.99. The summed E-state index contributed by atoms with van der Waals surface area (Å²) >= 11 is 0. The number of aromatic nitrogens is 5. The Bertz CT molecular complexity index is 981. The minimum absolute atomic E-state index is 0.316. The summed E-state index contributed by atoms with van der Waals surface area (Å²) in [5.41, 5.74) is 2.67. The lowest BCUT2D eigenvalue weighted by Gasteiger charge is -2.06. The molecule has 0 amide bonds. The van der Waals surface area contributed by atoms with Gasteiger partial charge < -0.3 is 5.32 Å². The van der Waals surface area contributed by atoms with Gasteiger partial charge in [0.05, 0.1) is 23.1 Å². The highest BCUT2D eigenvalue weighted by Gasteiger charge is 2.10. The molecular formula is C16H11FN6. The van der Waals surface area contributed by atoms with Crippen LogP contribution in [0, 0.1) is 5.82 Å². The molecule has 0 radical (unpaired) electrons. The molecule has 0 spiro atoms. The third kappa shape index (κ3) is 2.48. The van der Waals surface area contributed by atoms with E-state index in [0.29, 0.717) is 17.3 Å².